The normalized spacial score (nSPS) is 16.8. The number of hydrogen-bond donors (Lipinski definition) is 0. The molecule has 1 atom stereocenters. The average molecular weight is 459 g/mol. The van der Waals surface area contributed by atoms with E-state index in [2.05, 4.69) is 26.1 Å². The number of rotatable bonds is 5. The molecule has 1 aliphatic rings. The minimum absolute atomic E-state index is 0.0939. The first-order valence-corrected chi connectivity index (χ1v) is 10.4. The van der Waals surface area contributed by atoms with Gasteiger partial charge in [-0.2, -0.15) is 0 Å². The Morgan fingerprint density at radius 2 is 2.00 bits per heavy atom. The highest BCUT2D eigenvalue weighted by Gasteiger charge is 2.28. The highest BCUT2D eigenvalue weighted by Crippen LogP contribution is 2.34. The van der Waals surface area contributed by atoms with Crippen LogP contribution in [0.4, 0.5) is 0 Å². The van der Waals surface area contributed by atoms with Gasteiger partial charge in [0, 0.05) is 29.7 Å². The molecule has 0 radical (unpaired) electrons. The van der Waals surface area contributed by atoms with E-state index < -0.39 is 0 Å². The molecule has 4 rings (SSSR count). The number of benzene rings is 1. The van der Waals surface area contributed by atoms with Crippen molar-refractivity contribution in [3.05, 3.63) is 52.4 Å². The Labute approximate surface area is 177 Å². The van der Waals surface area contributed by atoms with Crippen LogP contribution in [0, 0.1) is 0 Å². The molecule has 0 spiro atoms. The lowest BCUT2D eigenvalue weighted by Crippen LogP contribution is -2.40. The van der Waals surface area contributed by atoms with Gasteiger partial charge in [0.1, 0.15) is 5.82 Å². The van der Waals surface area contributed by atoms with Crippen molar-refractivity contribution in [1.82, 2.24) is 19.5 Å². The fourth-order valence-electron chi connectivity index (χ4n) is 3.86. The number of aromatic nitrogens is 3. The van der Waals surface area contributed by atoms with Gasteiger partial charge in [0.15, 0.2) is 17.1 Å². The van der Waals surface area contributed by atoms with Crippen LogP contribution in [0.2, 0.25) is 0 Å². The molecule has 1 saturated heterocycles. The smallest absolute Gasteiger partial charge is 0.227 e. The number of methoxy groups -OCH3 is 2. The second kappa shape index (κ2) is 8.41. The Morgan fingerprint density at radius 3 is 2.79 bits per heavy atom. The molecule has 3 heterocycles. The van der Waals surface area contributed by atoms with Gasteiger partial charge in [-0.05, 0) is 42.7 Å². The molecule has 2 aromatic heterocycles. The number of hydrogen-bond acceptors (Lipinski definition) is 5. The van der Waals surface area contributed by atoms with Crippen molar-refractivity contribution in [2.45, 2.75) is 25.2 Å². The van der Waals surface area contributed by atoms with Crippen molar-refractivity contribution in [2.75, 3.05) is 27.3 Å². The molecule has 29 heavy (non-hydrogen) atoms. The first-order valence-electron chi connectivity index (χ1n) is 9.58. The third-order valence-electron chi connectivity index (χ3n) is 5.37. The number of halogens is 1. The van der Waals surface area contributed by atoms with Crippen LogP contribution in [0.3, 0.4) is 0 Å². The van der Waals surface area contributed by atoms with Gasteiger partial charge in [-0.3, -0.25) is 9.20 Å². The minimum Gasteiger partial charge on any atom is -0.493 e. The van der Waals surface area contributed by atoms with Gasteiger partial charge in [-0.1, -0.05) is 22.0 Å². The fraction of sp³-hybridized carbons (Fsp3) is 0.381. The summed E-state index contributed by atoms with van der Waals surface area (Å²) >= 11 is 3.55. The molecule has 8 heteroatoms. The Hall–Kier alpha value is -2.61. The van der Waals surface area contributed by atoms with Crippen LogP contribution in [0.15, 0.2) is 41.0 Å². The van der Waals surface area contributed by atoms with Crippen LogP contribution in [0.1, 0.15) is 30.1 Å². The van der Waals surface area contributed by atoms with E-state index in [1.54, 1.807) is 14.2 Å². The van der Waals surface area contributed by atoms with Gasteiger partial charge in [0.25, 0.3) is 0 Å². The lowest BCUT2D eigenvalue weighted by molar-refractivity contribution is -0.131. The lowest BCUT2D eigenvalue weighted by Gasteiger charge is -2.32. The molecule has 0 saturated carbocycles. The van der Waals surface area contributed by atoms with Crippen molar-refractivity contribution in [3.63, 3.8) is 0 Å². The van der Waals surface area contributed by atoms with Crippen LogP contribution in [-0.4, -0.2) is 52.7 Å². The quantitative estimate of drug-likeness (QED) is 0.585. The first-order chi connectivity index (χ1) is 14.1. The maximum atomic E-state index is 13.0. The van der Waals surface area contributed by atoms with Crippen molar-refractivity contribution in [2.24, 2.45) is 0 Å². The topological polar surface area (TPSA) is 69.0 Å². The number of carbonyl (C=O) groups excluding carboxylic acids is 1. The molecule has 1 amide bonds. The van der Waals surface area contributed by atoms with E-state index in [-0.39, 0.29) is 11.8 Å². The van der Waals surface area contributed by atoms with E-state index in [9.17, 15) is 4.79 Å². The molecule has 1 unspecified atom stereocenters. The second-order valence-electron chi connectivity index (χ2n) is 7.14. The fourth-order valence-corrected chi connectivity index (χ4v) is 4.32. The van der Waals surface area contributed by atoms with Crippen LogP contribution in [0.5, 0.6) is 11.5 Å². The van der Waals surface area contributed by atoms with E-state index in [1.165, 1.54) is 0 Å². The average Bonchev–Trinajstić information content (AvgIpc) is 3.19. The Bertz CT molecular complexity index is 1040. The van der Waals surface area contributed by atoms with Gasteiger partial charge in [0.05, 0.1) is 20.6 Å². The molecule has 152 valence electrons. The summed E-state index contributed by atoms with van der Waals surface area (Å²) in [5, 5.41) is 8.65. The molecule has 1 fully saturated rings. The summed E-state index contributed by atoms with van der Waals surface area (Å²) < 4.78 is 13.5. The van der Waals surface area contributed by atoms with Crippen molar-refractivity contribution in [3.8, 4) is 11.5 Å². The molecule has 1 aliphatic heterocycles. The van der Waals surface area contributed by atoms with Gasteiger partial charge in [-0.25, -0.2) is 0 Å². The number of nitrogens with zero attached hydrogens (tertiary/aromatic N) is 4. The van der Waals surface area contributed by atoms with Gasteiger partial charge in [0.2, 0.25) is 5.91 Å². The number of likely N-dealkylation sites (tertiary alicyclic amines) is 1. The van der Waals surface area contributed by atoms with E-state index in [0.717, 1.165) is 40.9 Å². The zero-order valence-electron chi connectivity index (χ0n) is 16.5. The lowest BCUT2D eigenvalue weighted by atomic mass is 9.96. The maximum Gasteiger partial charge on any atom is 0.227 e. The van der Waals surface area contributed by atoms with Crippen LogP contribution >= 0.6 is 15.9 Å². The predicted octanol–water partition coefficient (Wildman–Crippen LogP) is 3.46. The Kier molecular flexibility index (Phi) is 5.71. The van der Waals surface area contributed by atoms with Crippen LogP contribution in [0.25, 0.3) is 5.65 Å². The zero-order chi connectivity index (χ0) is 20.4. The second-order valence-corrected chi connectivity index (χ2v) is 8.00. The highest BCUT2D eigenvalue weighted by atomic mass is 79.9. The summed E-state index contributed by atoms with van der Waals surface area (Å²) in [5.41, 5.74) is 1.71. The first kappa shape index (κ1) is 19.7. The molecular formula is C21H23BrN4O3. The summed E-state index contributed by atoms with van der Waals surface area (Å²) in [5.74, 6) is 2.44. The summed E-state index contributed by atoms with van der Waals surface area (Å²) in [7, 11) is 3.19. The number of fused-ring (bicyclic) bond motifs is 1. The third-order valence-corrected chi connectivity index (χ3v) is 6.11. The summed E-state index contributed by atoms with van der Waals surface area (Å²) in [4.78, 5) is 15.0. The maximum absolute atomic E-state index is 13.0. The molecule has 7 nitrogen and oxygen atoms in total. The standard InChI is InChI=1S/C21H23BrN4O3/c1-28-17-10-15(16(22)12-18(17)29-2)11-20(27)25-8-5-6-14(13-25)21-24-23-19-7-3-4-9-26(19)21/h3-4,7,9-10,12,14H,5-6,8,11,13H2,1-2H3. The Balaban J connectivity index is 1.51. The number of ether oxygens (including phenoxy) is 2. The minimum atomic E-state index is 0.0939. The predicted molar refractivity (Wildman–Crippen MR) is 112 cm³/mol. The number of piperidine rings is 1. The molecular weight excluding hydrogens is 436 g/mol. The molecule has 3 aromatic rings. The number of pyridine rings is 1. The van der Waals surface area contributed by atoms with E-state index in [0.29, 0.717) is 24.5 Å². The molecule has 0 bridgehead atoms. The monoisotopic (exact) mass is 458 g/mol. The van der Waals surface area contributed by atoms with Crippen molar-refractivity contribution in [1.29, 1.82) is 0 Å². The van der Waals surface area contributed by atoms with Crippen LogP contribution < -0.4 is 9.47 Å². The van der Waals surface area contributed by atoms with E-state index in [1.807, 2.05) is 45.8 Å². The summed E-state index contributed by atoms with van der Waals surface area (Å²) in [6, 6.07) is 9.56. The number of carbonyl (C=O) groups is 1. The highest BCUT2D eigenvalue weighted by molar-refractivity contribution is 9.10. The van der Waals surface area contributed by atoms with Crippen molar-refractivity contribution >= 4 is 27.5 Å². The molecule has 0 aliphatic carbocycles. The van der Waals surface area contributed by atoms with Gasteiger partial charge in [-0.15, -0.1) is 10.2 Å². The molecule has 0 N–H and O–H groups in total. The largest absolute Gasteiger partial charge is 0.493 e. The van der Waals surface area contributed by atoms with Gasteiger partial charge >= 0.3 is 0 Å². The SMILES string of the molecule is COc1cc(Br)c(CC(=O)N2CCCC(c3nnc4ccccn34)C2)cc1OC. The summed E-state index contributed by atoms with van der Waals surface area (Å²) in [6.45, 7) is 1.41. The Morgan fingerprint density at radius 1 is 1.21 bits per heavy atom. The van der Waals surface area contributed by atoms with E-state index in [4.69, 9.17) is 9.47 Å². The molecule has 1 aromatic carbocycles. The summed E-state index contributed by atoms with van der Waals surface area (Å²) in [6.07, 6.45) is 4.23. The van der Waals surface area contributed by atoms with Gasteiger partial charge < -0.3 is 14.4 Å². The van der Waals surface area contributed by atoms with E-state index >= 15 is 0 Å². The van der Waals surface area contributed by atoms with Crippen molar-refractivity contribution < 1.29 is 14.3 Å². The third kappa shape index (κ3) is 3.94. The number of amides is 1. The van der Waals surface area contributed by atoms with Crippen LogP contribution in [-0.2, 0) is 11.2 Å². The zero-order valence-corrected chi connectivity index (χ0v) is 18.1.